The number of nitro benzene ring substituents is 1. The van der Waals surface area contributed by atoms with E-state index >= 15 is 0 Å². The summed E-state index contributed by atoms with van der Waals surface area (Å²) >= 11 is 0. The second-order valence-electron chi connectivity index (χ2n) is 4.85. The molecule has 7 heteroatoms. The Bertz CT molecular complexity index is 476. The van der Waals surface area contributed by atoms with Crippen LogP contribution in [0, 0.1) is 10.1 Å². The van der Waals surface area contributed by atoms with Gasteiger partial charge in [-0.2, -0.15) is 0 Å². The molecule has 1 rings (SSSR count). The molecule has 0 aliphatic carbocycles. The fraction of sp³-hybridized carbons (Fsp3) is 0.500. The average Bonchev–Trinajstić information content (AvgIpc) is 2.28. The first-order valence-corrected chi connectivity index (χ1v) is 5.68. The van der Waals surface area contributed by atoms with Gasteiger partial charge in [0.1, 0.15) is 0 Å². The highest BCUT2D eigenvalue weighted by molar-refractivity contribution is 5.58. The summed E-state index contributed by atoms with van der Waals surface area (Å²) in [6.07, 6.45) is -3.62. The number of hydrogen-bond donors (Lipinski definition) is 2. The Morgan fingerprint density at radius 3 is 2.42 bits per heavy atom. The molecular weight excluding hydrogens is 258 g/mol. The SMILES string of the molecule is CC(O)C(C)(C)Nc1ccc([N+](=O)[O-])cc1C(F)F. The average molecular weight is 274 g/mol. The van der Waals surface area contributed by atoms with Crippen molar-refractivity contribution in [3.05, 3.63) is 33.9 Å². The standard InChI is InChI=1S/C12H16F2N2O3/c1-7(17)12(2,3)15-10-5-4-8(16(18)19)6-9(10)11(13)14/h4-7,11,15,17H,1-3H3. The van der Waals surface area contributed by atoms with Crippen molar-refractivity contribution in [1.82, 2.24) is 0 Å². The highest BCUT2D eigenvalue weighted by Crippen LogP contribution is 2.32. The molecule has 1 aromatic carbocycles. The van der Waals surface area contributed by atoms with Crippen LogP contribution in [0.1, 0.15) is 32.8 Å². The summed E-state index contributed by atoms with van der Waals surface area (Å²) in [6.45, 7) is 4.82. The molecule has 106 valence electrons. The Morgan fingerprint density at radius 2 is 2.00 bits per heavy atom. The van der Waals surface area contributed by atoms with E-state index in [0.29, 0.717) is 0 Å². The maximum absolute atomic E-state index is 12.9. The predicted molar refractivity (Wildman–Crippen MR) is 67.4 cm³/mol. The number of nitro groups is 1. The Morgan fingerprint density at radius 1 is 1.42 bits per heavy atom. The van der Waals surface area contributed by atoms with E-state index in [4.69, 9.17) is 0 Å². The van der Waals surface area contributed by atoms with Gasteiger partial charge in [-0.15, -0.1) is 0 Å². The monoisotopic (exact) mass is 274 g/mol. The Labute approximate surface area is 109 Å². The van der Waals surface area contributed by atoms with E-state index in [0.717, 1.165) is 12.1 Å². The van der Waals surface area contributed by atoms with Gasteiger partial charge in [0.15, 0.2) is 0 Å². The van der Waals surface area contributed by atoms with Gasteiger partial charge in [-0.25, -0.2) is 8.78 Å². The molecule has 0 aromatic heterocycles. The molecule has 1 unspecified atom stereocenters. The summed E-state index contributed by atoms with van der Waals surface area (Å²) < 4.78 is 25.8. The van der Waals surface area contributed by atoms with Crippen LogP contribution >= 0.6 is 0 Å². The molecule has 5 nitrogen and oxygen atoms in total. The molecule has 1 atom stereocenters. The largest absolute Gasteiger partial charge is 0.391 e. The van der Waals surface area contributed by atoms with E-state index < -0.39 is 34.2 Å². The lowest BCUT2D eigenvalue weighted by Gasteiger charge is -2.31. The van der Waals surface area contributed by atoms with Gasteiger partial charge < -0.3 is 10.4 Å². The first-order chi connectivity index (χ1) is 8.65. The van der Waals surface area contributed by atoms with Gasteiger partial charge in [0.05, 0.1) is 16.6 Å². The van der Waals surface area contributed by atoms with Crippen LogP contribution in [0.2, 0.25) is 0 Å². The minimum Gasteiger partial charge on any atom is -0.391 e. The number of rotatable bonds is 5. The fourth-order valence-electron chi connectivity index (χ4n) is 1.41. The van der Waals surface area contributed by atoms with Crippen molar-refractivity contribution in [2.24, 2.45) is 0 Å². The highest BCUT2D eigenvalue weighted by atomic mass is 19.3. The van der Waals surface area contributed by atoms with E-state index in [-0.39, 0.29) is 5.69 Å². The number of halogens is 2. The summed E-state index contributed by atoms with van der Waals surface area (Å²) in [5.41, 5.74) is -1.61. The summed E-state index contributed by atoms with van der Waals surface area (Å²) in [6, 6.07) is 3.21. The third kappa shape index (κ3) is 3.60. The molecule has 0 saturated heterocycles. The molecule has 0 saturated carbocycles. The zero-order chi connectivity index (χ0) is 14.8. The predicted octanol–water partition coefficient (Wildman–Crippen LogP) is 3.10. The van der Waals surface area contributed by atoms with Gasteiger partial charge in [-0.3, -0.25) is 10.1 Å². The van der Waals surface area contributed by atoms with Crippen LogP contribution in [0.3, 0.4) is 0 Å². The van der Waals surface area contributed by atoms with E-state index in [1.807, 2.05) is 0 Å². The molecule has 0 amide bonds. The molecule has 0 heterocycles. The second-order valence-corrected chi connectivity index (χ2v) is 4.85. The van der Waals surface area contributed by atoms with Gasteiger partial charge in [-0.1, -0.05) is 0 Å². The van der Waals surface area contributed by atoms with Gasteiger partial charge in [0, 0.05) is 23.4 Å². The molecule has 1 aromatic rings. The van der Waals surface area contributed by atoms with Crippen LogP contribution in [-0.4, -0.2) is 21.7 Å². The maximum atomic E-state index is 12.9. The molecule has 0 aliphatic heterocycles. The molecule has 2 N–H and O–H groups in total. The number of nitrogens with zero attached hydrogens (tertiary/aromatic N) is 1. The van der Waals surface area contributed by atoms with Crippen LogP contribution in [-0.2, 0) is 0 Å². The third-order valence-corrected chi connectivity index (χ3v) is 2.98. The number of non-ortho nitro benzene ring substituents is 1. The number of aliphatic hydroxyl groups is 1. The van der Waals surface area contributed by atoms with Crippen LogP contribution in [0.25, 0.3) is 0 Å². The lowest BCUT2D eigenvalue weighted by atomic mass is 9.97. The van der Waals surface area contributed by atoms with Crippen molar-refractivity contribution in [3.63, 3.8) is 0 Å². The van der Waals surface area contributed by atoms with E-state index in [1.54, 1.807) is 13.8 Å². The van der Waals surface area contributed by atoms with Crippen LogP contribution < -0.4 is 5.32 Å². The van der Waals surface area contributed by atoms with Crippen LogP contribution in [0.4, 0.5) is 20.2 Å². The number of nitrogens with one attached hydrogen (secondary N) is 1. The first kappa shape index (κ1) is 15.3. The van der Waals surface area contributed by atoms with Crippen molar-refractivity contribution >= 4 is 11.4 Å². The van der Waals surface area contributed by atoms with Gasteiger partial charge in [-0.05, 0) is 26.8 Å². The Hall–Kier alpha value is -1.76. The molecule has 0 bridgehead atoms. The van der Waals surface area contributed by atoms with Gasteiger partial charge in [0.25, 0.3) is 12.1 Å². The van der Waals surface area contributed by atoms with Gasteiger partial charge in [0.2, 0.25) is 0 Å². The summed E-state index contributed by atoms with van der Waals surface area (Å²) in [4.78, 5) is 9.85. The molecule has 0 radical (unpaired) electrons. The first-order valence-electron chi connectivity index (χ1n) is 5.68. The lowest BCUT2D eigenvalue weighted by Crippen LogP contribution is -2.42. The molecule has 19 heavy (non-hydrogen) atoms. The molecule has 0 aliphatic rings. The van der Waals surface area contributed by atoms with E-state index in [9.17, 15) is 24.0 Å². The zero-order valence-electron chi connectivity index (χ0n) is 10.9. The van der Waals surface area contributed by atoms with Crippen LogP contribution in [0.15, 0.2) is 18.2 Å². The van der Waals surface area contributed by atoms with Crippen molar-refractivity contribution in [3.8, 4) is 0 Å². The molecule has 0 spiro atoms. The zero-order valence-corrected chi connectivity index (χ0v) is 10.9. The van der Waals surface area contributed by atoms with Crippen molar-refractivity contribution in [2.75, 3.05) is 5.32 Å². The number of anilines is 1. The number of aliphatic hydroxyl groups excluding tert-OH is 1. The molecular formula is C12H16F2N2O3. The number of hydrogen-bond acceptors (Lipinski definition) is 4. The maximum Gasteiger partial charge on any atom is 0.270 e. The third-order valence-electron chi connectivity index (χ3n) is 2.98. The summed E-state index contributed by atoms with van der Waals surface area (Å²) in [7, 11) is 0. The Balaban J connectivity index is 3.18. The van der Waals surface area contributed by atoms with Crippen molar-refractivity contribution in [2.45, 2.75) is 38.8 Å². The number of alkyl halides is 2. The normalized spacial score (nSPS) is 13.4. The fourth-order valence-corrected chi connectivity index (χ4v) is 1.41. The van der Waals surface area contributed by atoms with Crippen molar-refractivity contribution < 1.29 is 18.8 Å². The van der Waals surface area contributed by atoms with E-state index in [2.05, 4.69) is 5.32 Å². The smallest absolute Gasteiger partial charge is 0.270 e. The highest BCUT2D eigenvalue weighted by Gasteiger charge is 2.27. The topological polar surface area (TPSA) is 75.4 Å². The van der Waals surface area contributed by atoms with Crippen LogP contribution in [0.5, 0.6) is 0 Å². The van der Waals surface area contributed by atoms with E-state index in [1.165, 1.54) is 13.0 Å². The van der Waals surface area contributed by atoms with Gasteiger partial charge >= 0.3 is 0 Å². The Kier molecular flexibility index (Phi) is 4.41. The second kappa shape index (κ2) is 5.48. The summed E-state index contributed by atoms with van der Waals surface area (Å²) in [5, 5.41) is 22.9. The minimum absolute atomic E-state index is 0.0755. The summed E-state index contributed by atoms with van der Waals surface area (Å²) in [5.74, 6) is 0. The number of benzene rings is 1. The lowest BCUT2D eigenvalue weighted by molar-refractivity contribution is -0.385. The quantitative estimate of drug-likeness (QED) is 0.639. The molecule has 0 fully saturated rings. The minimum atomic E-state index is -2.84. The van der Waals surface area contributed by atoms with Crippen molar-refractivity contribution in [1.29, 1.82) is 0 Å².